The van der Waals surface area contributed by atoms with Gasteiger partial charge in [-0.2, -0.15) is 0 Å². The molecule has 0 amide bonds. The van der Waals surface area contributed by atoms with Crippen molar-refractivity contribution in [1.29, 1.82) is 0 Å². The molecule has 0 spiro atoms. The maximum atomic E-state index is 11.6. The van der Waals surface area contributed by atoms with Gasteiger partial charge in [0.15, 0.2) is 0 Å². The number of nitrogens with two attached hydrogens (primary N) is 1. The highest BCUT2D eigenvalue weighted by molar-refractivity contribution is 5.75. The molecule has 0 aliphatic carbocycles. The van der Waals surface area contributed by atoms with Crippen LogP contribution in [-0.4, -0.2) is 69.8 Å². The standard InChI is InChI=1S/C19H29NO8/c1-24-8-9-25-10-11-26-12-13-27-16-4-2-15(3-5-16)14-28-18(21)7-6-17(20)19(22)23/h2-5,17H,6-14,20H2,1H3,(H,22,23)/t17-/m0/s1. The molecular weight excluding hydrogens is 370 g/mol. The van der Waals surface area contributed by atoms with Crippen molar-refractivity contribution in [3.05, 3.63) is 29.8 Å². The lowest BCUT2D eigenvalue weighted by Crippen LogP contribution is -2.30. The van der Waals surface area contributed by atoms with Crippen molar-refractivity contribution in [2.24, 2.45) is 5.73 Å². The Bertz CT molecular complexity index is 564. The average Bonchev–Trinajstić information content (AvgIpc) is 2.70. The van der Waals surface area contributed by atoms with Crippen LogP contribution in [0.5, 0.6) is 5.75 Å². The van der Waals surface area contributed by atoms with E-state index in [0.717, 1.165) is 5.56 Å². The molecule has 0 heterocycles. The first kappa shape index (κ1) is 23.8. The highest BCUT2D eigenvalue weighted by atomic mass is 16.6. The van der Waals surface area contributed by atoms with E-state index in [1.165, 1.54) is 0 Å². The number of hydrogen-bond acceptors (Lipinski definition) is 8. The Hall–Kier alpha value is -2.20. The topological polar surface area (TPSA) is 127 Å². The van der Waals surface area contributed by atoms with Crippen LogP contribution < -0.4 is 10.5 Å². The molecule has 1 aromatic rings. The third-order valence-corrected chi connectivity index (χ3v) is 3.60. The Balaban J connectivity index is 2.11. The molecular formula is C19H29NO8. The van der Waals surface area contributed by atoms with Crippen LogP contribution in [0.3, 0.4) is 0 Å². The second-order valence-corrected chi connectivity index (χ2v) is 5.85. The molecule has 0 radical (unpaired) electrons. The van der Waals surface area contributed by atoms with E-state index in [9.17, 15) is 9.59 Å². The van der Waals surface area contributed by atoms with Crippen LogP contribution in [-0.2, 0) is 35.1 Å². The fraction of sp³-hybridized carbons (Fsp3) is 0.579. The fourth-order valence-electron chi connectivity index (χ4n) is 2.00. The molecule has 0 bridgehead atoms. The lowest BCUT2D eigenvalue weighted by molar-refractivity contribution is -0.145. The fourth-order valence-corrected chi connectivity index (χ4v) is 2.00. The number of carboxylic acids is 1. The first-order valence-electron chi connectivity index (χ1n) is 9.03. The van der Waals surface area contributed by atoms with Crippen molar-refractivity contribution in [2.75, 3.05) is 46.8 Å². The van der Waals surface area contributed by atoms with Gasteiger partial charge in [-0.3, -0.25) is 9.59 Å². The van der Waals surface area contributed by atoms with E-state index in [0.29, 0.717) is 45.4 Å². The van der Waals surface area contributed by atoms with E-state index in [-0.39, 0.29) is 19.4 Å². The Morgan fingerprint density at radius 2 is 1.61 bits per heavy atom. The summed E-state index contributed by atoms with van der Waals surface area (Å²) >= 11 is 0. The summed E-state index contributed by atoms with van der Waals surface area (Å²) in [7, 11) is 1.62. The Morgan fingerprint density at radius 1 is 1.00 bits per heavy atom. The molecule has 0 aliphatic rings. The zero-order valence-corrected chi connectivity index (χ0v) is 16.1. The van der Waals surface area contributed by atoms with Gasteiger partial charge in [-0.25, -0.2) is 0 Å². The number of aliphatic carboxylic acids is 1. The van der Waals surface area contributed by atoms with Crippen LogP contribution >= 0.6 is 0 Å². The first-order valence-corrected chi connectivity index (χ1v) is 9.03. The average molecular weight is 399 g/mol. The van der Waals surface area contributed by atoms with Gasteiger partial charge in [0.2, 0.25) is 0 Å². The predicted octanol–water partition coefficient (Wildman–Crippen LogP) is 0.980. The number of carboxylic acid groups (broad SMARTS) is 1. The van der Waals surface area contributed by atoms with Crippen molar-refractivity contribution in [2.45, 2.75) is 25.5 Å². The maximum Gasteiger partial charge on any atom is 0.320 e. The van der Waals surface area contributed by atoms with Gasteiger partial charge >= 0.3 is 11.9 Å². The molecule has 3 N–H and O–H groups in total. The minimum absolute atomic E-state index is 0.0356. The van der Waals surface area contributed by atoms with Gasteiger partial charge in [0.05, 0.1) is 33.0 Å². The second kappa shape index (κ2) is 14.8. The van der Waals surface area contributed by atoms with Gasteiger partial charge < -0.3 is 34.5 Å². The monoisotopic (exact) mass is 399 g/mol. The van der Waals surface area contributed by atoms with Crippen molar-refractivity contribution in [1.82, 2.24) is 0 Å². The zero-order valence-electron chi connectivity index (χ0n) is 16.1. The van der Waals surface area contributed by atoms with E-state index in [1.807, 2.05) is 0 Å². The number of methoxy groups -OCH3 is 1. The molecule has 9 nitrogen and oxygen atoms in total. The molecule has 0 aromatic heterocycles. The smallest absolute Gasteiger partial charge is 0.320 e. The Labute approximate surface area is 164 Å². The molecule has 1 rings (SSSR count). The summed E-state index contributed by atoms with van der Waals surface area (Å²) in [5, 5.41) is 8.67. The molecule has 0 aliphatic heterocycles. The van der Waals surface area contributed by atoms with Gasteiger partial charge in [0.25, 0.3) is 0 Å². The minimum Gasteiger partial charge on any atom is -0.491 e. The van der Waals surface area contributed by atoms with Crippen molar-refractivity contribution >= 4 is 11.9 Å². The highest BCUT2D eigenvalue weighted by Gasteiger charge is 2.14. The van der Waals surface area contributed by atoms with Gasteiger partial charge in [0.1, 0.15) is 25.0 Å². The SMILES string of the molecule is COCCOCCOCCOc1ccc(COC(=O)CC[C@H](N)C(=O)O)cc1. The molecule has 9 heteroatoms. The number of ether oxygens (including phenoxy) is 5. The number of rotatable bonds is 16. The van der Waals surface area contributed by atoms with E-state index in [4.69, 9.17) is 34.5 Å². The predicted molar refractivity (Wildman–Crippen MR) is 100 cm³/mol. The normalized spacial score (nSPS) is 11.8. The van der Waals surface area contributed by atoms with Crippen LogP contribution in [0.25, 0.3) is 0 Å². The molecule has 158 valence electrons. The largest absolute Gasteiger partial charge is 0.491 e. The maximum absolute atomic E-state index is 11.6. The molecule has 0 saturated carbocycles. The number of esters is 1. The van der Waals surface area contributed by atoms with E-state index < -0.39 is 18.0 Å². The molecule has 0 fully saturated rings. The lowest BCUT2D eigenvalue weighted by Gasteiger charge is -2.09. The van der Waals surface area contributed by atoms with Gasteiger partial charge in [0, 0.05) is 13.5 Å². The van der Waals surface area contributed by atoms with Gasteiger partial charge in [-0.15, -0.1) is 0 Å². The second-order valence-electron chi connectivity index (χ2n) is 5.85. The van der Waals surface area contributed by atoms with Crippen molar-refractivity contribution in [3.8, 4) is 5.75 Å². The van der Waals surface area contributed by atoms with Crippen LogP contribution in [0.1, 0.15) is 18.4 Å². The summed E-state index contributed by atoms with van der Waals surface area (Å²) in [6.45, 7) is 3.09. The zero-order chi connectivity index (χ0) is 20.6. The molecule has 1 atom stereocenters. The van der Waals surface area contributed by atoms with Crippen molar-refractivity contribution in [3.63, 3.8) is 0 Å². The third-order valence-electron chi connectivity index (χ3n) is 3.60. The summed E-state index contributed by atoms with van der Waals surface area (Å²) in [6.07, 6.45) is 0.00831. The first-order chi connectivity index (χ1) is 13.5. The number of carbonyl (C=O) groups excluding carboxylic acids is 1. The molecule has 28 heavy (non-hydrogen) atoms. The molecule has 0 saturated heterocycles. The number of benzene rings is 1. The van der Waals surface area contributed by atoms with E-state index >= 15 is 0 Å². The number of hydrogen-bond donors (Lipinski definition) is 2. The van der Waals surface area contributed by atoms with Crippen molar-refractivity contribution < 1.29 is 38.4 Å². The van der Waals surface area contributed by atoms with E-state index in [2.05, 4.69) is 0 Å². The quantitative estimate of drug-likeness (QED) is 0.309. The van der Waals surface area contributed by atoms with Gasteiger partial charge in [-0.05, 0) is 24.1 Å². The van der Waals surface area contributed by atoms with E-state index in [1.54, 1.807) is 31.4 Å². The third kappa shape index (κ3) is 11.5. The minimum atomic E-state index is -1.14. The van der Waals surface area contributed by atoms with Crippen LogP contribution in [0.2, 0.25) is 0 Å². The summed E-state index contributed by atoms with van der Waals surface area (Å²) in [4.78, 5) is 22.2. The Morgan fingerprint density at radius 3 is 2.21 bits per heavy atom. The molecule has 1 aromatic carbocycles. The lowest BCUT2D eigenvalue weighted by atomic mass is 10.2. The Kier molecular flexibility index (Phi) is 12.6. The van der Waals surface area contributed by atoms with Crippen LogP contribution in [0, 0.1) is 0 Å². The van der Waals surface area contributed by atoms with Gasteiger partial charge in [-0.1, -0.05) is 12.1 Å². The summed E-state index contributed by atoms with van der Waals surface area (Å²) in [6, 6.07) is 6.07. The number of carbonyl (C=O) groups is 2. The summed E-state index contributed by atoms with van der Waals surface area (Å²) in [5.74, 6) is -0.938. The summed E-state index contributed by atoms with van der Waals surface area (Å²) in [5.41, 5.74) is 6.14. The summed E-state index contributed by atoms with van der Waals surface area (Å²) < 4.78 is 26.2. The van der Waals surface area contributed by atoms with Crippen LogP contribution in [0.15, 0.2) is 24.3 Å². The molecule has 0 unspecified atom stereocenters. The van der Waals surface area contributed by atoms with Crippen LogP contribution in [0.4, 0.5) is 0 Å². The highest BCUT2D eigenvalue weighted by Crippen LogP contribution is 2.13.